The van der Waals surface area contributed by atoms with Crippen LogP contribution in [-0.4, -0.2) is 43.2 Å². The molecule has 0 bridgehead atoms. The van der Waals surface area contributed by atoms with E-state index in [2.05, 4.69) is 10.2 Å². The molecule has 7 heteroatoms. The minimum Gasteiger partial charge on any atom is -0.481 e. The Morgan fingerprint density at radius 1 is 1.20 bits per heavy atom. The Bertz CT molecular complexity index is 527. The smallest absolute Gasteiger partial charge is 0.307 e. The molecule has 2 heterocycles. The van der Waals surface area contributed by atoms with E-state index in [1.54, 1.807) is 11.2 Å². The average molecular weight is 278 g/mol. The summed E-state index contributed by atoms with van der Waals surface area (Å²) in [4.78, 5) is 25.6. The van der Waals surface area contributed by atoms with Crippen LogP contribution in [0, 0.1) is 11.8 Å². The zero-order valence-electron chi connectivity index (χ0n) is 11.2. The molecule has 1 fully saturated rings. The van der Waals surface area contributed by atoms with Crippen LogP contribution in [0.5, 0.6) is 0 Å². The maximum absolute atomic E-state index is 12.6. The molecule has 0 aromatic carbocycles. The normalized spacial score (nSPS) is 26.1. The topological polar surface area (TPSA) is 88.3 Å². The molecule has 2 aliphatic rings. The molecule has 7 nitrogen and oxygen atoms in total. The van der Waals surface area contributed by atoms with Crippen molar-refractivity contribution in [2.45, 2.75) is 38.8 Å². The van der Waals surface area contributed by atoms with Crippen LogP contribution < -0.4 is 0 Å². The number of hydrogen-bond donors (Lipinski definition) is 1. The van der Waals surface area contributed by atoms with Crippen molar-refractivity contribution in [1.82, 2.24) is 19.7 Å². The monoisotopic (exact) mass is 278 g/mol. The number of carbonyl (C=O) groups is 2. The summed E-state index contributed by atoms with van der Waals surface area (Å²) in [5, 5.41) is 17.1. The maximum atomic E-state index is 12.6. The lowest BCUT2D eigenvalue weighted by Crippen LogP contribution is -2.45. The summed E-state index contributed by atoms with van der Waals surface area (Å²) < 4.78 is 1.93. The van der Waals surface area contributed by atoms with Crippen LogP contribution in [0.1, 0.15) is 31.5 Å². The highest BCUT2D eigenvalue weighted by atomic mass is 16.4. The van der Waals surface area contributed by atoms with Crippen molar-refractivity contribution >= 4 is 11.9 Å². The standard InChI is InChI=1S/C13H18N4O3/c18-12(9-3-1-2-4-10(9)13(19)20)16-5-6-17-8-14-15-11(17)7-16/h8-10H,1-7H2,(H,19,20)/t9-,10+/m1/s1. The van der Waals surface area contributed by atoms with Gasteiger partial charge < -0.3 is 14.6 Å². The first-order valence-electron chi connectivity index (χ1n) is 7.05. The van der Waals surface area contributed by atoms with Crippen molar-refractivity contribution in [2.24, 2.45) is 11.8 Å². The second-order valence-corrected chi connectivity index (χ2v) is 5.54. The molecule has 0 unspecified atom stereocenters. The quantitative estimate of drug-likeness (QED) is 0.851. The zero-order chi connectivity index (χ0) is 14.1. The summed E-state index contributed by atoms with van der Waals surface area (Å²) in [6.45, 7) is 1.72. The number of fused-ring (bicyclic) bond motifs is 1. The lowest BCUT2D eigenvalue weighted by atomic mass is 9.78. The van der Waals surface area contributed by atoms with Crippen molar-refractivity contribution in [1.29, 1.82) is 0 Å². The predicted molar refractivity (Wildman–Crippen MR) is 68.5 cm³/mol. The largest absolute Gasteiger partial charge is 0.481 e. The molecule has 108 valence electrons. The van der Waals surface area contributed by atoms with Gasteiger partial charge in [0, 0.05) is 13.1 Å². The SMILES string of the molecule is O=C(O)[C@H]1CCCC[C@H]1C(=O)N1CCn2cnnc2C1. The van der Waals surface area contributed by atoms with E-state index in [0.717, 1.165) is 18.7 Å². The van der Waals surface area contributed by atoms with Crippen LogP contribution in [0.4, 0.5) is 0 Å². The molecule has 1 aliphatic heterocycles. The number of aromatic nitrogens is 3. The van der Waals surface area contributed by atoms with Gasteiger partial charge in [0.2, 0.25) is 5.91 Å². The van der Waals surface area contributed by atoms with E-state index in [1.165, 1.54) is 0 Å². The Kier molecular flexibility index (Phi) is 3.42. The van der Waals surface area contributed by atoms with Crippen molar-refractivity contribution in [2.75, 3.05) is 6.54 Å². The molecule has 1 amide bonds. The van der Waals surface area contributed by atoms with Gasteiger partial charge in [0.05, 0.1) is 18.4 Å². The summed E-state index contributed by atoms with van der Waals surface area (Å²) in [6.07, 6.45) is 4.78. The molecular weight excluding hydrogens is 260 g/mol. The Balaban J connectivity index is 1.73. The number of carboxylic acid groups (broad SMARTS) is 1. The highest BCUT2D eigenvalue weighted by Gasteiger charge is 2.38. The van der Waals surface area contributed by atoms with Gasteiger partial charge in [-0.3, -0.25) is 9.59 Å². The van der Waals surface area contributed by atoms with Gasteiger partial charge in [-0.15, -0.1) is 10.2 Å². The van der Waals surface area contributed by atoms with Gasteiger partial charge in [0.25, 0.3) is 0 Å². The molecule has 1 N–H and O–H groups in total. The number of carboxylic acids is 1. The van der Waals surface area contributed by atoms with Gasteiger partial charge in [-0.25, -0.2) is 0 Å². The number of aliphatic carboxylic acids is 1. The lowest BCUT2D eigenvalue weighted by molar-refractivity contribution is -0.153. The Morgan fingerprint density at radius 2 is 1.95 bits per heavy atom. The summed E-state index contributed by atoms with van der Waals surface area (Å²) in [5.74, 6) is -1.02. The van der Waals surface area contributed by atoms with E-state index >= 15 is 0 Å². The fourth-order valence-corrected chi connectivity index (χ4v) is 3.21. The molecule has 0 saturated heterocycles. The van der Waals surface area contributed by atoms with Crippen molar-refractivity contribution < 1.29 is 14.7 Å². The van der Waals surface area contributed by atoms with E-state index in [0.29, 0.717) is 32.5 Å². The fraction of sp³-hybridized carbons (Fsp3) is 0.692. The van der Waals surface area contributed by atoms with E-state index in [-0.39, 0.29) is 11.8 Å². The second kappa shape index (κ2) is 5.22. The number of amides is 1. The van der Waals surface area contributed by atoms with Gasteiger partial charge >= 0.3 is 5.97 Å². The van der Waals surface area contributed by atoms with Crippen LogP contribution in [0.15, 0.2) is 6.33 Å². The summed E-state index contributed by atoms with van der Waals surface area (Å²) in [7, 11) is 0. The van der Waals surface area contributed by atoms with E-state index in [4.69, 9.17) is 0 Å². The second-order valence-electron chi connectivity index (χ2n) is 5.54. The third-order valence-corrected chi connectivity index (χ3v) is 4.35. The molecule has 3 rings (SSSR count). The van der Waals surface area contributed by atoms with E-state index in [9.17, 15) is 14.7 Å². The summed E-state index contributed by atoms with van der Waals surface area (Å²) in [5.41, 5.74) is 0. The van der Waals surface area contributed by atoms with Crippen molar-refractivity contribution in [3.63, 3.8) is 0 Å². The Morgan fingerprint density at radius 3 is 2.70 bits per heavy atom. The first-order chi connectivity index (χ1) is 9.66. The Hall–Kier alpha value is -1.92. The molecule has 1 aliphatic carbocycles. The highest BCUT2D eigenvalue weighted by molar-refractivity contribution is 5.85. The first-order valence-corrected chi connectivity index (χ1v) is 7.05. The van der Waals surface area contributed by atoms with Crippen LogP contribution in [-0.2, 0) is 22.7 Å². The van der Waals surface area contributed by atoms with Crippen LogP contribution in [0.25, 0.3) is 0 Å². The first kappa shape index (κ1) is 13.1. The van der Waals surface area contributed by atoms with Crippen molar-refractivity contribution in [3.8, 4) is 0 Å². The maximum Gasteiger partial charge on any atom is 0.307 e. The van der Waals surface area contributed by atoms with Gasteiger partial charge in [-0.2, -0.15) is 0 Å². The molecule has 2 atom stereocenters. The summed E-state index contributed by atoms with van der Waals surface area (Å²) >= 11 is 0. The van der Waals surface area contributed by atoms with Crippen molar-refractivity contribution in [3.05, 3.63) is 12.2 Å². The minimum atomic E-state index is -0.844. The molecule has 0 spiro atoms. The molecule has 1 aromatic rings. The molecule has 20 heavy (non-hydrogen) atoms. The fourth-order valence-electron chi connectivity index (χ4n) is 3.21. The summed E-state index contributed by atoms with van der Waals surface area (Å²) in [6, 6.07) is 0. The van der Waals surface area contributed by atoms with E-state index in [1.807, 2.05) is 4.57 Å². The van der Waals surface area contributed by atoms with Crippen LogP contribution in [0.2, 0.25) is 0 Å². The molecule has 1 aromatic heterocycles. The van der Waals surface area contributed by atoms with Gasteiger partial charge in [-0.05, 0) is 12.8 Å². The lowest BCUT2D eigenvalue weighted by Gasteiger charge is -2.34. The third-order valence-electron chi connectivity index (χ3n) is 4.35. The molecular formula is C13H18N4O3. The third kappa shape index (κ3) is 2.28. The van der Waals surface area contributed by atoms with Crippen LogP contribution >= 0.6 is 0 Å². The zero-order valence-corrected chi connectivity index (χ0v) is 11.2. The molecule has 1 saturated carbocycles. The highest BCUT2D eigenvalue weighted by Crippen LogP contribution is 2.32. The van der Waals surface area contributed by atoms with E-state index < -0.39 is 11.9 Å². The predicted octanol–water partition coefficient (Wildman–Crippen LogP) is 0.511. The number of hydrogen-bond acceptors (Lipinski definition) is 4. The van der Waals surface area contributed by atoms with Crippen LogP contribution in [0.3, 0.4) is 0 Å². The number of carbonyl (C=O) groups excluding carboxylic acids is 1. The van der Waals surface area contributed by atoms with Gasteiger partial charge in [-0.1, -0.05) is 12.8 Å². The molecule has 0 radical (unpaired) electrons. The minimum absolute atomic E-state index is 0.0358. The number of nitrogens with zero attached hydrogens (tertiary/aromatic N) is 4. The van der Waals surface area contributed by atoms with Gasteiger partial charge in [0.1, 0.15) is 6.33 Å². The van der Waals surface area contributed by atoms with Gasteiger partial charge in [0.15, 0.2) is 5.82 Å². The number of rotatable bonds is 2. The Labute approximate surface area is 116 Å². The average Bonchev–Trinajstić information content (AvgIpc) is 2.93.